The molecule has 0 heterocycles. The maximum atomic E-state index is 13.0. The van der Waals surface area contributed by atoms with Crippen molar-refractivity contribution in [2.24, 2.45) is 11.8 Å². The van der Waals surface area contributed by atoms with E-state index in [0.717, 1.165) is 18.4 Å². The molecule has 2 unspecified atom stereocenters. The lowest BCUT2D eigenvalue weighted by Crippen LogP contribution is -2.18. The smallest absolute Gasteiger partial charge is 0.385 e. The molecule has 118 valence electrons. The van der Waals surface area contributed by atoms with E-state index in [1.54, 1.807) is 6.07 Å². The average molecular weight is 364 g/mol. The average Bonchev–Trinajstić information content (AvgIpc) is 2.39. The summed E-state index contributed by atoms with van der Waals surface area (Å²) < 4.78 is 39.4. The van der Waals surface area contributed by atoms with Crippen molar-refractivity contribution in [3.05, 3.63) is 28.2 Å². The first-order valence-corrected chi connectivity index (χ1v) is 8.26. The van der Waals surface area contributed by atoms with E-state index in [-0.39, 0.29) is 5.69 Å². The lowest BCUT2D eigenvalue weighted by Gasteiger charge is -2.27. The van der Waals surface area contributed by atoms with Gasteiger partial charge >= 0.3 is 6.18 Å². The van der Waals surface area contributed by atoms with Gasteiger partial charge in [-0.3, -0.25) is 0 Å². The van der Waals surface area contributed by atoms with Gasteiger partial charge in [-0.2, -0.15) is 13.2 Å². The molecule has 1 aliphatic rings. The first-order valence-electron chi connectivity index (χ1n) is 7.47. The van der Waals surface area contributed by atoms with Crippen molar-refractivity contribution >= 4 is 21.6 Å². The number of anilines is 1. The van der Waals surface area contributed by atoms with Crippen LogP contribution in [0.5, 0.6) is 0 Å². The van der Waals surface area contributed by atoms with Gasteiger partial charge < -0.3 is 5.32 Å². The second-order valence-electron chi connectivity index (χ2n) is 6.04. The third-order valence-corrected chi connectivity index (χ3v) is 4.69. The van der Waals surface area contributed by atoms with E-state index in [9.17, 15) is 13.2 Å². The van der Waals surface area contributed by atoms with Crippen LogP contribution in [0.4, 0.5) is 18.9 Å². The predicted molar refractivity (Wildman–Crippen MR) is 83.4 cm³/mol. The molecule has 2 rings (SSSR count). The molecule has 1 fully saturated rings. The Bertz CT molecular complexity index is 473. The molecule has 0 aromatic heterocycles. The minimum absolute atomic E-state index is 0.176. The Labute approximate surface area is 132 Å². The molecule has 1 aliphatic carbocycles. The molecule has 0 aliphatic heterocycles. The molecule has 0 bridgehead atoms. The van der Waals surface area contributed by atoms with Gasteiger partial charge in [-0.1, -0.05) is 42.1 Å². The van der Waals surface area contributed by atoms with Crippen LogP contribution >= 0.6 is 15.9 Å². The highest BCUT2D eigenvalue weighted by Gasteiger charge is 2.33. The summed E-state index contributed by atoms with van der Waals surface area (Å²) in [6.45, 7) is 2.86. The third-order valence-electron chi connectivity index (χ3n) is 4.20. The molecule has 0 radical (unpaired) electrons. The highest BCUT2D eigenvalue weighted by molar-refractivity contribution is 9.10. The molecule has 1 nitrogen and oxygen atoms in total. The molecule has 1 saturated carbocycles. The Morgan fingerprint density at radius 2 is 2.05 bits per heavy atom. The summed E-state index contributed by atoms with van der Waals surface area (Å²) in [5.41, 5.74) is -0.427. The van der Waals surface area contributed by atoms with Crippen LogP contribution in [0, 0.1) is 11.8 Å². The van der Waals surface area contributed by atoms with Gasteiger partial charge in [0.25, 0.3) is 0 Å². The summed E-state index contributed by atoms with van der Waals surface area (Å²) in [5, 5.41) is 2.97. The number of nitrogens with one attached hydrogen (secondary N) is 1. The zero-order valence-corrected chi connectivity index (χ0v) is 13.7. The Morgan fingerprint density at radius 1 is 1.29 bits per heavy atom. The van der Waals surface area contributed by atoms with Crippen LogP contribution in [-0.4, -0.2) is 6.54 Å². The van der Waals surface area contributed by atoms with E-state index in [1.165, 1.54) is 31.7 Å². The zero-order valence-electron chi connectivity index (χ0n) is 12.1. The first kappa shape index (κ1) is 16.7. The van der Waals surface area contributed by atoms with Crippen molar-refractivity contribution < 1.29 is 13.2 Å². The van der Waals surface area contributed by atoms with Crippen molar-refractivity contribution in [3.63, 3.8) is 0 Å². The van der Waals surface area contributed by atoms with Crippen LogP contribution in [0.25, 0.3) is 0 Å². The molecule has 5 heteroatoms. The van der Waals surface area contributed by atoms with Crippen LogP contribution in [0.1, 0.15) is 44.6 Å². The van der Waals surface area contributed by atoms with Gasteiger partial charge in [0.05, 0.1) is 5.56 Å². The molecule has 1 N–H and O–H groups in total. The van der Waals surface area contributed by atoms with E-state index >= 15 is 0 Å². The summed E-state index contributed by atoms with van der Waals surface area (Å²) in [7, 11) is 0. The predicted octanol–water partition coefficient (Wildman–Crippen LogP) is 6.10. The number of hydrogen-bond acceptors (Lipinski definition) is 1. The first-order chi connectivity index (χ1) is 9.86. The molecule has 0 amide bonds. The molecular weight excluding hydrogens is 343 g/mol. The Kier molecular flexibility index (Phi) is 5.58. The standard InChI is InChI=1S/C16H21BrF3N/c1-11-3-2-4-12(9-11)7-8-21-15-6-5-13(17)10-14(15)16(18,19)20/h5-6,10-12,21H,2-4,7-9H2,1H3. The fraction of sp³-hybridized carbons (Fsp3) is 0.625. The van der Waals surface area contributed by atoms with Crippen LogP contribution in [0.15, 0.2) is 22.7 Å². The minimum Gasteiger partial charge on any atom is -0.385 e. The van der Waals surface area contributed by atoms with Crippen LogP contribution in [-0.2, 0) is 6.18 Å². The number of alkyl halides is 3. The number of hydrogen-bond donors (Lipinski definition) is 1. The van der Waals surface area contributed by atoms with Crippen molar-refractivity contribution in [2.75, 3.05) is 11.9 Å². The maximum absolute atomic E-state index is 13.0. The lowest BCUT2D eigenvalue weighted by molar-refractivity contribution is -0.137. The van der Waals surface area contributed by atoms with Crippen molar-refractivity contribution in [1.82, 2.24) is 0 Å². The van der Waals surface area contributed by atoms with Gasteiger partial charge in [0.15, 0.2) is 0 Å². The fourth-order valence-corrected chi connectivity index (χ4v) is 3.50. The quantitative estimate of drug-likeness (QED) is 0.681. The lowest BCUT2D eigenvalue weighted by atomic mass is 9.81. The summed E-state index contributed by atoms with van der Waals surface area (Å²) in [6, 6.07) is 4.27. The Balaban J connectivity index is 1.94. The number of rotatable bonds is 4. The Morgan fingerprint density at radius 3 is 2.71 bits per heavy atom. The van der Waals surface area contributed by atoms with E-state index in [4.69, 9.17) is 0 Å². The minimum atomic E-state index is -4.33. The van der Waals surface area contributed by atoms with E-state index in [0.29, 0.717) is 16.9 Å². The SMILES string of the molecule is CC1CCCC(CCNc2ccc(Br)cc2C(F)(F)F)C1. The summed E-state index contributed by atoms with van der Waals surface area (Å²) in [5.74, 6) is 1.40. The number of benzene rings is 1. The zero-order chi connectivity index (χ0) is 15.5. The maximum Gasteiger partial charge on any atom is 0.418 e. The van der Waals surface area contributed by atoms with Crippen LogP contribution in [0.2, 0.25) is 0 Å². The largest absolute Gasteiger partial charge is 0.418 e. The molecule has 21 heavy (non-hydrogen) atoms. The van der Waals surface area contributed by atoms with Gasteiger partial charge in [-0.15, -0.1) is 0 Å². The van der Waals surface area contributed by atoms with Gasteiger partial charge in [-0.05, 0) is 42.9 Å². The summed E-state index contributed by atoms with van der Waals surface area (Å²) in [4.78, 5) is 0. The van der Waals surface area contributed by atoms with Crippen molar-refractivity contribution in [3.8, 4) is 0 Å². The van der Waals surface area contributed by atoms with Crippen molar-refractivity contribution in [1.29, 1.82) is 0 Å². The molecule has 0 spiro atoms. The Hall–Kier alpha value is -0.710. The number of halogens is 4. The van der Waals surface area contributed by atoms with Crippen LogP contribution in [0.3, 0.4) is 0 Å². The van der Waals surface area contributed by atoms with Gasteiger partial charge in [0.2, 0.25) is 0 Å². The van der Waals surface area contributed by atoms with E-state index in [2.05, 4.69) is 28.2 Å². The monoisotopic (exact) mass is 363 g/mol. The summed E-state index contributed by atoms with van der Waals surface area (Å²) >= 11 is 3.10. The highest BCUT2D eigenvalue weighted by atomic mass is 79.9. The second-order valence-corrected chi connectivity index (χ2v) is 6.96. The van der Waals surface area contributed by atoms with Gasteiger partial charge in [0.1, 0.15) is 0 Å². The highest BCUT2D eigenvalue weighted by Crippen LogP contribution is 2.37. The molecule has 2 atom stereocenters. The van der Waals surface area contributed by atoms with Crippen molar-refractivity contribution in [2.45, 2.75) is 45.2 Å². The summed E-state index contributed by atoms with van der Waals surface area (Å²) in [6.07, 6.45) is 1.56. The van der Waals surface area contributed by atoms with Crippen LogP contribution < -0.4 is 5.32 Å². The molecule has 0 saturated heterocycles. The molecule has 1 aromatic rings. The fourth-order valence-electron chi connectivity index (χ4n) is 3.14. The second kappa shape index (κ2) is 7.03. The molecular formula is C16H21BrF3N. The normalized spacial score (nSPS) is 23.1. The van der Waals surface area contributed by atoms with Gasteiger partial charge in [0, 0.05) is 16.7 Å². The van der Waals surface area contributed by atoms with E-state index in [1.807, 2.05) is 0 Å². The molecule has 1 aromatic carbocycles. The van der Waals surface area contributed by atoms with Gasteiger partial charge in [-0.25, -0.2) is 0 Å². The third kappa shape index (κ3) is 4.90. The van der Waals surface area contributed by atoms with E-state index < -0.39 is 11.7 Å². The topological polar surface area (TPSA) is 12.0 Å².